The Labute approximate surface area is 227 Å². The predicted octanol–water partition coefficient (Wildman–Crippen LogP) is 11.0. The lowest BCUT2D eigenvalue weighted by atomic mass is 9.77. The van der Waals surface area contributed by atoms with E-state index in [-0.39, 0.29) is 5.92 Å². The summed E-state index contributed by atoms with van der Waals surface area (Å²) in [4.78, 5) is 0. The van der Waals surface area contributed by atoms with Crippen LogP contribution in [0.25, 0.3) is 0 Å². The zero-order valence-electron chi connectivity index (χ0n) is 23.4. The van der Waals surface area contributed by atoms with Crippen molar-refractivity contribution in [2.24, 2.45) is 11.8 Å². The number of allylic oxidation sites excluding steroid dienone is 2. The molecule has 0 aliphatic heterocycles. The lowest BCUT2D eigenvalue weighted by Gasteiger charge is -2.29. The fourth-order valence-corrected chi connectivity index (χ4v) is 6.60. The molecule has 4 rings (SSSR count). The first-order valence-corrected chi connectivity index (χ1v) is 14.9. The first kappa shape index (κ1) is 28.9. The maximum absolute atomic E-state index is 15.1. The largest absolute Gasteiger partial charge is 0.386 e. The van der Waals surface area contributed by atoms with E-state index in [4.69, 9.17) is 4.74 Å². The Morgan fingerprint density at radius 2 is 1.45 bits per heavy atom. The van der Waals surface area contributed by atoms with Crippen molar-refractivity contribution in [3.8, 4) is 0 Å². The van der Waals surface area contributed by atoms with Gasteiger partial charge in [-0.15, -0.1) is 0 Å². The van der Waals surface area contributed by atoms with E-state index in [1.807, 2.05) is 19.1 Å². The summed E-state index contributed by atoms with van der Waals surface area (Å²) in [7, 11) is 0. The number of hydrogen-bond acceptors (Lipinski definition) is 1. The van der Waals surface area contributed by atoms with Gasteiger partial charge in [0.1, 0.15) is 5.82 Å². The average Bonchev–Trinajstić information content (AvgIpc) is 2.93. The van der Waals surface area contributed by atoms with Crippen LogP contribution in [0.4, 0.5) is 13.2 Å². The molecule has 2 aliphatic rings. The van der Waals surface area contributed by atoms with Gasteiger partial charge in [-0.2, -0.15) is 8.78 Å². The van der Waals surface area contributed by atoms with Crippen LogP contribution >= 0.6 is 0 Å². The Morgan fingerprint density at radius 3 is 2.03 bits per heavy atom. The van der Waals surface area contributed by atoms with Crippen LogP contribution in [-0.2, 0) is 10.8 Å². The predicted molar refractivity (Wildman–Crippen MR) is 150 cm³/mol. The fraction of sp³-hybridized carbons (Fsp3) is 0.588. The molecule has 2 aliphatic carbocycles. The SMILES string of the molecule is C/C=C/CCC1CCC(c2ccc(C(F)(F)OC(C)c3ccc(C4CCC(CC)CC4)cc3)c(F)c2)CC1. The minimum Gasteiger partial charge on any atom is -0.309 e. The Hall–Kier alpha value is -2.07. The van der Waals surface area contributed by atoms with Crippen molar-refractivity contribution in [1.29, 1.82) is 0 Å². The van der Waals surface area contributed by atoms with Crippen LogP contribution in [0.2, 0.25) is 0 Å². The molecule has 2 aromatic carbocycles. The first-order chi connectivity index (χ1) is 18.3. The number of ether oxygens (including phenoxy) is 1. The Morgan fingerprint density at radius 1 is 0.868 bits per heavy atom. The third-order valence-electron chi connectivity index (χ3n) is 9.23. The molecular weight excluding hydrogens is 481 g/mol. The molecule has 0 amide bonds. The van der Waals surface area contributed by atoms with Gasteiger partial charge >= 0.3 is 6.11 Å². The lowest BCUT2D eigenvalue weighted by Crippen LogP contribution is -2.22. The number of hydrogen-bond donors (Lipinski definition) is 0. The van der Waals surface area contributed by atoms with Crippen LogP contribution in [0.1, 0.15) is 132 Å². The highest BCUT2D eigenvalue weighted by molar-refractivity contribution is 5.30. The molecule has 2 aromatic rings. The lowest BCUT2D eigenvalue weighted by molar-refractivity contribution is -0.273. The molecule has 1 nitrogen and oxygen atoms in total. The van der Waals surface area contributed by atoms with Crippen molar-refractivity contribution in [2.75, 3.05) is 0 Å². The molecule has 0 bridgehead atoms. The van der Waals surface area contributed by atoms with Crippen LogP contribution in [0, 0.1) is 17.7 Å². The number of halogens is 3. The molecule has 0 radical (unpaired) electrons. The summed E-state index contributed by atoms with van der Waals surface area (Å²) < 4.78 is 50.3. The summed E-state index contributed by atoms with van der Waals surface area (Å²) in [6.07, 6.45) is 12.4. The molecule has 2 fully saturated rings. The smallest absolute Gasteiger partial charge is 0.309 e. The quantitative estimate of drug-likeness (QED) is 0.280. The third kappa shape index (κ3) is 7.31. The number of benzene rings is 2. The summed E-state index contributed by atoms with van der Waals surface area (Å²) >= 11 is 0. The van der Waals surface area contributed by atoms with Gasteiger partial charge in [0.15, 0.2) is 0 Å². The van der Waals surface area contributed by atoms with Gasteiger partial charge in [-0.1, -0.05) is 55.8 Å². The van der Waals surface area contributed by atoms with Gasteiger partial charge in [0.25, 0.3) is 0 Å². The molecule has 0 N–H and O–H groups in total. The van der Waals surface area contributed by atoms with Crippen molar-refractivity contribution in [2.45, 2.75) is 115 Å². The highest BCUT2D eigenvalue weighted by Gasteiger charge is 2.38. The van der Waals surface area contributed by atoms with Crippen LogP contribution in [0.5, 0.6) is 0 Å². The third-order valence-corrected chi connectivity index (χ3v) is 9.23. The van der Waals surface area contributed by atoms with E-state index in [0.29, 0.717) is 17.4 Å². The van der Waals surface area contributed by atoms with E-state index in [0.717, 1.165) is 43.6 Å². The summed E-state index contributed by atoms with van der Waals surface area (Å²) in [5.41, 5.74) is 2.10. The van der Waals surface area contributed by atoms with Crippen LogP contribution < -0.4 is 0 Å². The zero-order valence-corrected chi connectivity index (χ0v) is 23.4. The molecule has 4 heteroatoms. The molecule has 208 valence electrons. The standard InChI is InChI=1S/C34H45F3O/c1-4-6-7-8-26-11-15-30(16-12-26)31-21-22-32(33(35)23-31)34(36,37)38-24(3)27-17-19-29(20-18-27)28-13-9-25(5-2)10-14-28/h4,6,17-26,28,30H,5,7-16H2,1-3H3/b6-4+. The van der Waals surface area contributed by atoms with E-state index >= 15 is 8.78 Å². The number of rotatable bonds is 10. The van der Waals surface area contributed by atoms with Crippen molar-refractivity contribution >= 4 is 0 Å². The van der Waals surface area contributed by atoms with Gasteiger partial charge in [-0.3, -0.25) is 0 Å². The summed E-state index contributed by atoms with van der Waals surface area (Å²) in [6, 6.07) is 12.1. The van der Waals surface area contributed by atoms with Gasteiger partial charge in [0, 0.05) is 0 Å². The second-order valence-electron chi connectivity index (χ2n) is 11.7. The molecule has 0 heterocycles. The monoisotopic (exact) mass is 526 g/mol. The van der Waals surface area contributed by atoms with Gasteiger partial charge < -0.3 is 4.74 Å². The topological polar surface area (TPSA) is 9.23 Å². The maximum atomic E-state index is 15.1. The van der Waals surface area contributed by atoms with E-state index in [2.05, 4.69) is 31.2 Å². The highest BCUT2D eigenvalue weighted by atomic mass is 19.3. The molecule has 0 aromatic heterocycles. The van der Waals surface area contributed by atoms with Crippen molar-refractivity contribution in [3.63, 3.8) is 0 Å². The minimum atomic E-state index is -3.70. The average molecular weight is 527 g/mol. The Bertz CT molecular complexity index is 1030. The number of alkyl halides is 2. The van der Waals surface area contributed by atoms with Gasteiger partial charge in [0.05, 0.1) is 11.7 Å². The molecule has 1 atom stereocenters. The summed E-state index contributed by atoms with van der Waals surface area (Å²) in [5, 5.41) is 0. The second kappa shape index (κ2) is 13.3. The van der Waals surface area contributed by atoms with Crippen LogP contribution in [-0.4, -0.2) is 0 Å². The van der Waals surface area contributed by atoms with Crippen LogP contribution in [0.3, 0.4) is 0 Å². The Balaban J connectivity index is 1.34. The Kier molecular flexibility index (Phi) is 10.1. The molecule has 38 heavy (non-hydrogen) atoms. The van der Waals surface area contributed by atoms with Gasteiger partial charge in [0.2, 0.25) is 0 Å². The molecule has 0 spiro atoms. The second-order valence-corrected chi connectivity index (χ2v) is 11.7. The molecule has 0 saturated heterocycles. The fourth-order valence-electron chi connectivity index (χ4n) is 6.60. The summed E-state index contributed by atoms with van der Waals surface area (Å²) in [5.74, 6) is 1.44. The summed E-state index contributed by atoms with van der Waals surface area (Å²) in [6.45, 7) is 5.91. The first-order valence-electron chi connectivity index (χ1n) is 14.9. The van der Waals surface area contributed by atoms with E-state index < -0.39 is 23.6 Å². The molecule has 1 unspecified atom stereocenters. The van der Waals surface area contributed by atoms with E-state index in [1.54, 1.807) is 13.0 Å². The van der Waals surface area contributed by atoms with Gasteiger partial charge in [-0.05, 0) is 131 Å². The minimum absolute atomic E-state index is 0.237. The van der Waals surface area contributed by atoms with Gasteiger partial charge in [-0.25, -0.2) is 4.39 Å². The maximum Gasteiger partial charge on any atom is 0.386 e. The molecular formula is C34H45F3O. The normalized spacial score (nSPS) is 25.5. The van der Waals surface area contributed by atoms with Crippen molar-refractivity contribution in [3.05, 3.63) is 82.7 Å². The highest BCUT2D eigenvalue weighted by Crippen LogP contribution is 2.42. The van der Waals surface area contributed by atoms with E-state index in [9.17, 15) is 4.39 Å². The van der Waals surface area contributed by atoms with Crippen molar-refractivity contribution < 1.29 is 17.9 Å². The van der Waals surface area contributed by atoms with E-state index in [1.165, 1.54) is 56.2 Å². The molecule has 2 saturated carbocycles. The zero-order chi connectivity index (χ0) is 27.1. The van der Waals surface area contributed by atoms with Crippen molar-refractivity contribution in [1.82, 2.24) is 0 Å². The van der Waals surface area contributed by atoms with Crippen LogP contribution in [0.15, 0.2) is 54.6 Å².